The van der Waals surface area contributed by atoms with Crippen molar-refractivity contribution in [1.82, 2.24) is 0 Å². The summed E-state index contributed by atoms with van der Waals surface area (Å²) in [6.07, 6.45) is 0.0888. The number of allylic oxidation sites excluding steroid dienone is 1. The van der Waals surface area contributed by atoms with E-state index in [2.05, 4.69) is 10.1 Å². The van der Waals surface area contributed by atoms with E-state index in [0.29, 0.717) is 16.3 Å². The van der Waals surface area contributed by atoms with E-state index in [1.165, 1.54) is 23.1 Å². The zero-order valence-electron chi connectivity index (χ0n) is 19.1. The minimum Gasteiger partial charge on any atom is -0.466 e. The molecular weight excluding hydrogens is 490 g/mol. The number of halogens is 3. The van der Waals surface area contributed by atoms with Gasteiger partial charge in [-0.2, -0.15) is 0 Å². The fourth-order valence-corrected chi connectivity index (χ4v) is 4.13. The molecule has 1 heterocycles. The molecule has 1 aliphatic heterocycles. The van der Waals surface area contributed by atoms with Crippen molar-refractivity contribution in [1.29, 1.82) is 0 Å². The molecule has 9 heteroatoms. The van der Waals surface area contributed by atoms with Crippen molar-refractivity contribution < 1.29 is 27.9 Å². The molecule has 0 radical (unpaired) electrons. The lowest BCUT2D eigenvalue weighted by molar-refractivity contribution is -0.134. The van der Waals surface area contributed by atoms with E-state index in [1.54, 1.807) is 54.6 Å². The molecule has 0 aliphatic carbocycles. The first-order valence-electron chi connectivity index (χ1n) is 11.0. The van der Waals surface area contributed by atoms with Crippen molar-refractivity contribution in [3.8, 4) is 0 Å². The highest BCUT2D eigenvalue weighted by Crippen LogP contribution is 2.43. The normalized spacial score (nSPS) is 15.6. The van der Waals surface area contributed by atoms with Gasteiger partial charge >= 0.3 is 5.97 Å². The lowest BCUT2D eigenvalue weighted by Gasteiger charge is -2.23. The molecule has 6 nitrogen and oxygen atoms in total. The van der Waals surface area contributed by atoms with Crippen LogP contribution in [0, 0.1) is 0 Å². The average Bonchev–Trinajstić information content (AvgIpc) is 2.98. The topological polar surface area (TPSA) is 75.7 Å². The number of esters is 1. The van der Waals surface area contributed by atoms with Crippen LogP contribution in [0.1, 0.15) is 32.7 Å². The number of carbonyl (C=O) groups is 3. The van der Waals surface area contributed by atoms with Gasteiger partial charge in [0.1, 0.15) is 0 Å². The highest BCUT2D eigenvalue weighted by atomic mass is 35.5. The third-order valence-corrected chi connectivity index (χ3v) is 6.07. The Balaban J connectivity index is 1.61. The number of para-hydroxylation sites is 1. The first-order valence-corrected chi connectivity index (χ1v) is 11.3. The molecule has 3 aromatic carbocycles. The zero-order chi connectivity index (χ0) is 25.9. The minimum atomic E-state index is -3.35. The Morgan fingerprint density at radius 3 is 2.36 bits per heavy atom. The number of anilines is 2. The third-order valence-electron chi connectivity index (χ3n) is 5.75. The van der Waals surface area contributed by atoms with Crippen molar-refractivity contribution >= 4 is 46.3 Å². The van der Waals surface area contributed by atoms with Crippen LogP contribution in [0.5, 0.6) is 0 Å². The second-order valence-corrected chi connectivity index (χ2v) is 8.43. The van der Waals surface area contributed by atoms with Crippen molar-refractivity contribution in [2.45, 2.75) is 12.3 Å². The van der Waals surface area contributed by atoms with Gasteiger partial charge in [0, 0.05) is 41.4 Å². The number of methoxy groups -OCH3 is 1. The molecule has 0 atom stereocenters. The van der Waals surface area contributed by atoms with Gasteiger partial charge in [-0.25, -0.2) is 13.6 Å². The molecule has 4 rings (SSSR count). The predicted octanol–water partition coefficient (Wildman–Crippen LogP) is 5.83. The molecule has 0 aromatic heterocycles. The summed E-state index contributed by atoms with van der Waals surface area (Å²) in [5, 5.41) is 3.02. The molecule has 184 valence electrons. The Morgan fingerprint density at radius 2 is 1.67 bits per heavy atom. The maximum atomic E-state index is 15.0. The summed E-state index contributed by atoms with van der Waals surface area (Å²) in [5.74, 6) is -5.17. The molecule has 0 bridgehead atoms. The summed E-state index contributed by atoms with van der Waals surface area (Å²) in [4.78, 5) is 38.9. The Hall–Kier alpha value is -4.04. The lowest BCUT2D eigenvalue weighted by atomic mass is 9.97. The van der Waals surface area contributed by atoms with Gasteiger partial charge in [-0.3, -0.25) is 9.59 Å². The first kappa shape index (κ1) is 25.1. The van der Waals surface area contributed by atoms with Gasteiger partial charge < -0.3 is 15.0 Å². The van der Waals surface area contributed by atoms with Crippen molar-refractivity contribution in [2.24, 2.45) is 0 Å². The molecule has 2 amide bonds. The molecule has 36 heavy (non-hydrogen) atoms. The second kappa shape index (κ2) is 10.3. The Bertz CT molecular complexity index is 1360. The number of fused-ring (bicyclic) bond motifs is 1. The number of alkyl halides is 2. The SMILES string of the molecule is COC(=O)/C=C1/c2ccccc2N(C(=O)c2ccc(NC(=O)c3ccccc3Cl)cc2)CCC1(F)F. The number of benzene rings is 3. The maximum Gasteiger partial charge on any atom is 0.330 e. The monoisotopic (exact) mass is 510 g/mol. The van der Waals surface area contributed by atoms with Crippen LogP contribution in [0.25, 0.3) is 5.57 Å². The van der Waals surface area contributed by atoms with Gasteiger partial charge in [-0.1, -0.05) is 41.9 Å². The van der Waals surface area contributed by atoms with Gasteiger partial charge in [0.15, 0.2) is 0 Å². The number of rotatable bonds is 4. The lowest BCUT2D eigenvalue weighted by Crippen LogP contribution is -2.33. The summed E-state index contributed by atoms with van der Waals surface area (Å²) >= 11 is 6.07. The highest BCUT2D eigenvalue weighted by Gasteiger charge is 2.41. The van der Waals surface area contributed by atoms with Gasteiger partial charge in [0.25, 0.3) is 17.7 Å². The quantitative estimate of drug-likeness (QED) is 0.354. The molecule has 1 N–H and O–H groups in total. The minimum absolute atomic E-state index is 0.0716. The maximum absolute atomic E-state index is 15.0. The number of nitrogens with zero attached hydrogens (tertiary/aromatic N) is 1. The van der Waals surface area contributed by atoms with Gasteiger partial charge in [0.2, 0.25) is 0 Å². The van der Waals surface area contributed by atoms with Crippen LogP contribution in [0.4, 0.5) is 20.2 Å². The van der Waals surface area contributed by atoms with E-state index in [4.69, 9.17) is 11.6 Å². The highest BCUT2D eigenvalue weighted by molar-refractivity contribution is 6.34. The van der Waals surface area contributed by atoms with Gasteiger partial charge in [-0.05, 0) is 42.5 Å². The Morgan fingerprint density at radius 1 is 1.00 bits per heavy atom. The summed E-state index contributed by atoms with van der Waals surface area (Å²) in [7, 11) is 1.11. The molecule has 0 saturated carbocycles. The van der Waals surface area contributed by atoms with Crippen LogP contribution in [0.3, 0.4) is 0 Å². The number of hydrogen-bond acceptors (Lipinski definition) is 4. The fraction of sp³-hybridized carbons (Fsp3) is 0.148. The smallest absolute Gasteiger partial charge is 0.330 e. The largest absolute Gasteiger partial charge is 0.466 e. The predicted molar refractivity (Wildman–Crippen MR) is 134 cm³/mol. The molecule has 1 aliphatic rings. The number of hydrogen-bond donors (Lipinski definition) is 1. The van der Waals surface area contributed by atoms with E-state index in [1.807, 2.05) is 0 Å². The average molecular weight is 511 g/mol. The van der Waals surface area contributed by atoms with E-state index in [0.717, 1.165) is 13.2 Å². The van der Waals surface area contributed by atoms with Crippen LogP contribution in [-0.2, 0) is 9.53 Å². The van der Waals surface area contributed by atoms with E-state index in [-0.39, 0.29) is 23.4 Å². The Kier molecular flexibility index (Phi) is 7.17. The fourth-order valence-electron chi connectivity index (χ4n) is 3.91. The standard InChI is InChI=1S/C27H21ClF2N2O4/c1-36-24(33)16-21-19-6-3-5-9-23(19)32(15-14-27(21,29)30)26(35)17-10-12-18(13-11-17)31-25(34)20-7-2-4-8-22(20)28/h2-13,16H,14-15H2,1H3,(H,31,34)/b21-16-. The summed E-state index contributed by atoms with van der Waals surface area (Å²) in [6, 6.07) is 18.9. The molecule has 3 aromatic rings. The summed E-state index contributed by atoms with van der Waals surface area (Å²) in [5.41, 5.74) is 0.801. The van der Waals surface area contributed by atoms with Crippen LogP contribution >= 0.6 is 11.6 Å². The molecular formula is C27H21ClF2N2O4. The zero-order valence-corrected chi connectivity index (χ0v) is 19.9. The molecule has 0 unspecified atom stereocenters. The van der Waals surface area contributed by atoms with Gasteiger partial charge in [-0.15, -0.1) is 0 Å². The van der Waals surface area contributed by atoms with E-state index in [9.17, 15) is 14.4 Å². The van der Waals surface area contributed by atoms with Crippen LogP contribution in [0.2, 0.25) is 5.02 Å². The first-order chi connectivity index (χ1) is 17.2. The number of ether oxygens (including phenoxy) is 1. The van der Waals surface area contributed by atoms with E-state index < -0.39 is 35.7 Å². The van der Waals surface area contributed by atoms with Crippen LogP contribution in [0.15, 0.2) is 78.9 Å². The van der Waals surface area contributed by atoms with Crippen molar-refractivity contribution in [3.05, 3.63) is 101 Å². The van der Waals surface area contributed by atoms with Crippen LogP contribution < -0.4 is 10.2 Å². The third kappa shape index (κ3) is 5.13. The van der Waals surface area contributed by atoms with Crippen molar-refractivity contribution in [3.63, 3.8) is 0 Å². The Labute approximate surface area is 211 Å². The molecule has 0 fully saturated rings. The number of amides is 2. The summed E-state index contributed by atoms with van der Waals surface area (Å²) in [6.45, 7) is -0.271. The van der Waals surface area contributed by atoms with Crippen molar-refractivity contribution in [2.75, 3.05) is 23.9 Å². The second-order valence-electron chi connectivity index (χ2n) is 8.02. The molecule has 0 saturated heterocycles. The van der Waals surface area contributed by atoms with Gasteiger partial charge in [0.05, 0.1) is 23.4 Å². The van der Waals surface area contributed by atoms with Crippen LogP contribution in [-0.4, -0.2) is 37.4 Å². The number of carbonyl (C=O) groups excluding carboxylic acids is 3. The number of nitrogens with one attached hydrogen (secondary N) is 1. The van der Waals surface area contributed by atoms with E-state index >= 15 is 8.78 Å². The molecule has 0 spiro atoms. The summed E-state index contributed by atoms with van der Waals surface area (Å²) < 4.78 is 34.6.